The highest BCUT2D eigenvalue weighted by Gasteiger charge is 2.30. The van der Waals surface area contributed by atoms with Crippen molar-refractivity contribution in [2.75, 3.05) is 11.9 Å². The Morgan fingerprint density at radius 2 is 1.88 bits per heavy atom. The van der Waals surface area contributed by atoms with Crippen LogP contribution in [-0.2, 0) is 17.6 Å². The topological polar surface area (TPSA) is 41.6 Å². The highest BCUT2D eigenvalue weighted by atomic mass is 32.1. The first-order chi connectivity index (χ1) is 12.5. The summed E-state index contributed by atoms with van der Waals surface area (Å²) in [6.45, 7) is 6.73. The number of hydrogen-bond donors (Lipinski definition) is 1. The monoisotopic (exact) mass is 394 g/mol. The first-order valence-electron chi connectivity index (χ1n) is 9.93. The molecule has 0 aromatic carbocycles. The van der Waals surface area contributed by atoms with Crippen molar-refractivity contribution in [1.82, 2.24) is 4.90 Å². The lowest BCUT2D eigenvalue weighted by molar-refractivity contribution is 0.0527. The van der Waals surface area contributed by atoms with Gasteiger partial charge in [0.1, 0.15) is 5.00 Å². The van der Waals surface area contributed by atoms with E-state index in [9.17, 15) is 4.79 Å². The zero-order valence-electron chi connectivity index (χ0n) is 16.1. The Kier molecular flexibility index (Phi) is 6.56. The molecule has 4 nitrogen and oxygen atoms in total. The van der Waals surface area contributed by atoms with E-state index in [0.717, 1.165) is 47.8 Å². The fraction of sp³-hybridized carbons (Fsp3) is 0.700. The first-order valence-corrected chi connectivity index (χ1v) is 11.2. The summed E-state index contributed by atoms with van der Waals surface area (Å²) in [6, 6.07) is 0.866. The van der Waals surface area contributed by atoms with Gasteiger partial charge in [-0.3, -0.25) is 0 Å². The molecule has 1 aliphatic heterocycles. The number of fused-ring (bicyclic) bond motifs is 1. The molecule has 0 spiro atoms. The van der Waals surface area contributed by atoms with E-state index < -0.39 is 0 Å². The first kappa shape index (κ1) is 19.6. The van der Waals surface area contributed by atoms with Crippen LogP contribution in [0.3, 0.4) is 0 Å². The number of likely N-dealkylation sites (tertiary alicyclic amines) is 1. The zero-order chi connectivity index (χ0) is 18.7. The Morgan fingerprint density at radius 1 is 1.19 bits per heavy atom. The lowest BCUT2D eigenvalue weighted by Crippen LogP contribution is -2.49. The number of hydrogen-bond acceptors (Lipinski definition) is 4. The summed E-state index contributed by atoms with van der Waals surface area (Å²) in [7, 11) is 0. The number of anilines is 1. The van der Waals surface area contributed by atoms with Crippen molar-refractivity contribution in [3.8, 4) is 0 Å². The van der Waals surface area contributed by atoms with E-state index >= 15 is 0 Å². The van der Waals surface area contributed by atoms with Crippen molar-refractivity contribution in [2.45, 2.75) is 84.2 Å². The molecule has 1 fully saturated rings. The van der Waals surface area contributed by atoms with Gasteiger partial charge >= 0.3 is 5.97 Å². The van der Waals surface area contributed by atoms with Crippen LogP contribution in [0, 0.1) is 0 Å². The van der Waals surface area contributed by atoms with Crippen molar-refractivity contribution in [1.29, 1.82) is 0 Å². The molecule has 0 unspecified atom stereocenters. The van der Waals surface area contributed by atoms with Crippen LogP contribution in [0.4, 0.5) is 5.00 Å². The molecule has 1 aromatic heterocycles. The van der Waals surface area contributed by atoms with Gasteiger partial charge in [-0.05, 0) is 83.5 Å². The van der Waals surface area contributed by atoms with Crippen molar-refractivity contribution < 1.29 is 9.53 Å². The second kappa shape index (κ2) is 8.70. The van der Waals surface area contributed by atoms with E-state index in [0.29, 0.717) is 18.7 Å². The van der Waals surface area contributed by atoms with Crippen molar-refractivity contribution in [3.05, 3.63) is 16.0 Å². The van der Waals surface area contributed by atoms with Crippen LogP contribution in [0.15, 0.2) is 0 Å². The summed E-state index contributed by atoms with van der Waals surface area (Å²) in [5.74, 6) is -0.211. The maximum Gasteiger partial charge on any atom is 0.341 e. The van der Waals surface area contributed by atoms with Gasteiger partial charge in [0.2, 0.25) is 0 Å². The molecule has 1 aliphatic carbocycles. The largest absolute Gasteiger partial charge is 0.462 e. The molecule has 3 rings (SSSR count). The Morgan fingerprint density at radius 3 is 2.58 bits per heavy atom. The van der Waals surface area contributed by atoms with E-state index in [1.165, 1.54) is 29.7 Å². The molecule has 2 aliphatic rings. The van der Waals surface area contributed by atoms with Gasteiger partial charge in [-0.25, -0.2) is 4.79 Å². The normalized spacial score (nSPS) is 23.1. The zero-order valence-corrected chi connectivity index (χ0v) is 17.7. The molecule has 0 saturated carbocycles. The van der Waals surface area contributed by atoms with Crippen molar-refractivity contribution >= 4 is 39.6 Å². The van der Waals surface area contributed by atoms with Gasteiger partial charge in [-0.15, -0.1) is 11.3 Å². The quantitative estimate of drug-likeness (QED) is 0.436. The molecular formula is C20H30N2O2S2. The number of nitrogens with zero attached hydrogens (tertiary/aromatic N) is 1. The molecule has 1 aromatic rings. The number of carbonyl (C=O) groups excluding carboxylic acids is 1. The summed E-state index contributed by atoms with van der Waals surface area (Å²) < 4.78 is 5.37. The number of aryl methyl sites for hydroxylation is 1. The molecule has 1 saturated heterocycles. The Bertz CT molecular complexity index is 661. The molecule has 2 heterocycles. The van der Waals surface area contributed by atoms with Gasteiger partial charge in [-0.1, -0.05) is 6.42 Å². The minimum atomic E-state index is -0.211. The molecule has 2 atom stereocenters. The van der Waals surface area contributed by atoms with E-state index in [1.54, 1.807) is 11.3 Å². The van der Waals surface area contributed by atoms with Crippen LogP contribution in [0.25, 0.3) is 0 Å². The highest BCUT2D eigenvalue weighted by molar-refractivity contribution is 7.80. The summed E-state index contributed by atoms with van der Waals surface area (Å²) in [5, 5.41) is 5.06. The SMILES string of the molecule is CCOC(=O)c1c(NC(=S)N2[C@H](C)CCC[C@@H]2C)sc2c1CCCCC2. The lowest BCUT2D eigenvalue weighted by atomic mass is 9.98. The van der Waals surface area contributed by atoms with Gasteiger partial charge in [0.05, 0.1) is 12.2 Å². The molecule has 144 valence electrons. The fourth-order valence-electron chi connectivity index (χ4n) is 4.23. The van der Waals surface area contributed by atoms with E-state index in [-0.39, 0.29) is 5.97 Å². The van der Waals surface area contributed by atoms with E-state index in [1.807, 2.05) is 6.92 Å². The Labute approximate surface area is 166 Å². The van der Waals surface area contributed by atoms with Gasteiger partial charge in [0, 0.05) is 17.0 Å². The third-order valence-electron chi connectivity index (χ3n) is 5.55. The molecular weight excluding hydrogens is 364 g/mol. The number of thiocarbonyl (C=S) groups is 1. The van der Waals surface area contributed by atoms with E-state index in [4.69, 9.17) is 17.0 Å². The smallest absolute Gasteiger partial charge is 0.341 e. The number of thiophene rings is 1. The van der Waals surface area contributed by atoms with Crippen LogP contribution in [-0.4, -0.2) is 34.7 Å². The van der Waals surface area contributed by atoms with Crippen molar-refractivity contribution in [2.24, 2.45) is 0 Å². The lowest BCUT2D eigenvalue weighted by Gasteiger charge is -2.40. The molecule has 1 N–H and O–H groups in total. The molecule has 6 heteroatoms. The second-order valence-corrected chi connectivity index (χ2v) is 8.95. The minimum absolute atomic E-state index is 0.211. The van der Waals surface area contributed by atoms with Crippen LogP contribution in [0.1, 0.15) is 80.1 Å². The highest BCUT2D eigenvalue weighted by Crippen LogP contribution is 2.38. The fourth-order valence-corrected chi connectivity index (χ4v) is 6.04. The number of carbonyl (C=O) groups is 1. The number of esters is 1. The average Bonchev–Trinajstić information content (AvgIpc) is 2.76. The van der Waals surface area contributed by atoms with Gasteiger partial charge in [0.25, 0.3) is 0 Å². The van der Waals surface area contributed by atoms with Crippen LogP contribution in [0.5, 0.6) is 0 Å². The number of rotatable bonds is 3. The van der Waals surface area contributed by atoms with E-state index in [2.05, 4.69) is 24.1 Å². The van der Waals surface area contributed by atoms with Gasteiger partial charge in [0.15, 0.2) is 5.11 Å². The third-order valence-corrected chi connectivity index (χ3v) is 7.07. The summed E-state index contributed by atoms with van der Waals surface area (Å²) >= 11 is 7.46. The van der Waals surface area contributed by atoms with Gasteiger partial charge in [-0.2, -0.15) is 0 Å². The predicted molar refractivity (Wildman–Crippen MR) is 112 cm³/mol. The molecule has 0 amide bonds. The summed E-state index contributed by atoms with van der Waals surface area (Å²) in [6.07, 6.45) is 9.16. The number of piperidine rings is 1. The number of nitrogens with one attached hydrogen (secondary N) is 1. The number of ether oxygens (including phenoxy) is 1. The molecule has 26 heavy (non-hydrogen) atoms. The predicted octanol–water partition coefficient (Wildman–Crippen LogP) is 5.15. The third kappa shape index (κ3) is 4.06. The maximum atomic E-state index is 12.7. The standard InChI is InChI=1S/C20H30N2O2S2/c1-4-24-19(23)17-15-11-6-5-7-12-16(15)26-18(17)21-20(25)22-13(2)9-8-10-14(22)3/h13-14H,4-12H2,1-3H3,(H,21,25)/t13-,14+. The Balaban J connectivity index is 1.88. The van der Waals surface area contributed by atoms with Gasteiger partial charge < -0.3 is 15.0 Å². The molecule has 0 radical (unpaired) electrons. The van der Waals surface area contributed by atoms with Crippen molar-refractivity contribution in [3.63, 3.8) is 0 Å². The summed E-state index contributed by atoms with van der Waals surface area (Å²) in [5.41, 5.74) is 1.92. The van der Waals surface area contributed by atoms with Crippen LogP contribution >= 0.6 is 23.6 Å². The maximum absolute atomic E-state index is 12.7. The van der Waals surface area contributed by atoms with Crippen LogP contribution in [0.2, 0.25) is 0 Å². The average molecular weight is 395 g/mol. The minimum Gasteiger partial charge on any atom is -0.462 e. The Hall–Kier alpha value is -1.14. The van der Waals surface area contributed by atoms with Crippen LogP contribution < -0.4 is 5.32 Å². The molecule has 0 bridgehead atoms. The second-order valence-electron chi connectivity index (χ2n) is 7.46. The summed E-state index contributed by atoms with van der Waals surface area (Å²) in [4.78, 5) is 16.3.